The fraction of sp³-hybridized carbons (Fsp3) is 0.867. The highest BCUT2D eigenvalue weighted by Gasteiger charge is 2.29. The highest BCUT2D eigenvalue weighted by molar-refractivity contribution is 5.68. The van der Waals surface area contributed by atoms with Crippen LogP contribution in [0, 0.1) is 5.92 Å². The topological polar surface area (TPSA) is 93.9 Å². The lowest BCUT2D eigenvalue weighted by atomic mass is 9.92. The van der Waals surface area contributed by atoms with Gasteiger partial charge in [0.1, 0.15) is 12.2 Å². The van der Waals surface area contributed by atoms with E-state index < -0.39 is 11.7 Å². The van der Waals surface area contributed by atoms with Gasteiger partial charge in [-0.1, -0.05) is 0 Å². The SMILES string of the molecule is CC(NCCOC(N)=O)C1CCCN(C(=O)OC(C)(C)C)C1. The van der Waals surface area contributed by atoms with Crippen LogP contribution in [0.1, 0.15) is 40.5 Å². The molecule has 2 amide bonds. The first-order chi connectivity index (χ1) is 10.2. The van der Waals surface area contributed by atoms with E-state index in [0.29, 0.717) is 19.0 Å². The third-order valence-corrected chi connectivity index (χ3v) is 3.63. The summed E-state index contributed by atoms with van der Waals surface area (Å²) in [5.41, 5.74) is 4.43. The van der Waals surface area contributed by atoms with Crippen LogP contribution in [0.15, 0.2) is 0 Å². The van der Waals surface area contributed by atoms with Crippen molar-refractivity contribution >= 4 is 12.2 Å². The Morgan fingerprint density at radius 1 is 1.41 bits per heavy atom. The Labute approximate surface area is 132 Å². The highest BCUT2D eigenvalue weighted by Crippen LogP contribution is 2.21. The van der Waals surface area contributed by atoms with E-state index in [-0.39, 0.29) is 18.7 Å². The molecule has 2 unspecified atom stereocenters. The maximum atomic E-state index is 12.1. The summed E-state index contributed by atoms with van der Waals surface area (Å²) >= 11 is 0. The number of carbonyl (C=O) groups excluding carboxylic acids is 2. The molecule has 0 radical (unpaired) electrons. The summed E-state index contributed by atoms with van der Waals surface area (Å²) in [5, 5.41) is 3.30. The van der Waals surface area contributed by atoms with Gasteiger partial charge < -0.3 is 25.4 Å². The predicted octanol–water partition coefficient (Wildman–Crippen LogP) is 1.71. The van der Waals surface area contributed by atoms with Crippen LogP contribution in [-0.4, -0.2) is 55.0 Å². The van der Waals surface area contributed by atoms with Gasteiger partial charge in [0.05, 0.1) is 0 Å². The summed E-state index contributed by atoms with van der Waals surface area (Å²) in [5.74, 6) is 0.356. The minimum atomic E-state index is -0.761. The number of piperidine rings is 1. The summed E-state index contributed by atoms with van der Waals surface area (Å²) in [6.07, 6.45) is 1.02. The van der Waals surface area contributed by atoms with Crippen LogP contribution >= 0.6 is 0 Å². The van der Waals surface area contributed by atoms with Gasteiger partial charge in [-0.05, 0) is 46.5 Å². The predicted molar refractivity (Wildman–Crippen MR) is 83.5 cm³/mol. The molecule has 1 rings (SSSR count). The maximum absolute atomic E-state index is 12.1. The van der Waals surface area contributed by atoms with Gasteiger partial charge in [-0.3, -0.25) is 0 Å². The molecule has 0 aromatic heterocycles. The van der Waals surface area contributed by atoms with E-state index >= 15 is 0 Å². The molecule has 128 valence electrons. The molecule has 7 heteroatoms. The fourth-order valence-corrected chi connectivity index (χ4v) is 2.52. The second kappa shape index (κ2) is 8.22. The first kappa shape index (κ1) is 18.5. The fourth-order valence-electron chi connectivity index (χ4n) is 2.52. The highest BCUT2D eigenvalue weighted by atomic mass is 16.6. The summed E-state index contributed by atoms with van der Waals surface area (Å²) in [6, 6.07) is 0.224. The quantitative estimate of drug-likeness (QED) is 0.753. The Balaban J connectivity index is 2.38. The number of rotatable bonds is 5. The number of hydrogen-bond acceptors (Lipinski definition) is 5. The van der Waals surface area contributed by atoms with Crippen LogP contribution < -0.4 is 11.1 Å². The molecule has 1 aliphatic heterocycles. The zero-order chi connectivity index (χ0) is 16.8. The monoisotopic (exact) mass is 315 g/mol. The lowest BCUT2D eigenvalue weighted by molar-refractivity contribution is 0.0147. The van der Waals surface area contributed by atoms with Gasteiger partial charge in [0.15, 0.2) is 0 Å². The minimum absolute atomic E-state index is 0.224. The van der Waals surface area contributed by atoms with Gasteiger partial charge in [-0.2, -0.15) is 0 Å². The van der Waals surface area contributed by atoms with E-state index in [1.807, 2.05) is 20.8 Å². The first-order valence-electron chi connectivity index (χ1n) is 7.82. The molecule has 0 spiro atoms. The standard InChI is InChI=1S/C15H29N3O4/c1-11(17-7-9-21-13(16)19)12-6-5-8-18(10-12)14(20)22-15(2,3)4/h11-12,17H,5-10H2,1-4H3,(H2,16,19). The molecule has 0 aromatic carbocycles. The number of nitrogens with two attached hydrogens (primary N) is 1. The Kier molecular flexibility index (Phi) is 6.93. The zero-order valence-corrected chi connectivity index (χ0v) is 14.1. The van der Waals surface area contributed by atoms with Crippen LogP contribution in [-0.2, 0) is 9.47 Å². The summed E-state index contributed by atoms with van der Waals surface area (Å²) < 4.78 is 10.1. The van der Waals surface area contributed by atoms with Gasteiger partial charge in [-0.25, -0.2) is 9.59 Å². The zero-order valence-electron chi connectivity index (χ0n) is 14.1. The molecule has 1 fully saturated rings. The van der Waals surface area contributed by atoms with Gasteiger partial charge in [0.2, 0.25) is 0 Å². The number of nitrogens with zero attached hydrogens (tertiary/aromatic N) is 1. The van der Waals surface area contributed by atoms with Gasteiger partial charge >= 0.3 is 12.2 Å². The number of likely N-dealkylation sites (tertiary alicyclic amines) is 1. The molecule has 1 saturated heterocycles. The number of amides is 2. The molecule has 2 atom stereocenters. The van der Waals surface area contributed by atoms with E-state index in [1.165, 1.54) is 0 Å². The summed E-state index contributed by atoms with van der Waals surface area (Å²) in [7, 11) is 0. The lowest BCUT2D eigenvalue weighted by Gasteiger charge is -2.36. The molecule has 7 nitrogen and oxygen atoms in total. The van der Waals surface area contributed by atoms with Crippen molar-refractivity contribution in [3.05, 3.63) is 0 Å². The normalized spacial score (nSPS) is 20.4. The van der Waals surface area contributed by atoms with Crippen LogP contribution in [0.3, 0.4) is 0 Å². The average Bonchev–Trinajstić information content (AvgIpc) is 2.41. The van der Waals surface area contributed by atoms with Gasteiger partial charge in [0.25, 0.3) is 0 Å². The maximum Gasteiger partial charge on any atom is 0.410 e. The molecule has 22 heavy (non-hydrogen) atoms. The van der Waals surface area contributed by atoms with Gasteiger partial charge in [-0.15, -0.1) is 0 Å². The van der Waals surface area contributed by atoms with Gasteiger partial charge in [0, 0.05) is 25.7 Å². The van der Waals surface area contributed by atoms with E-state index in [9.17, 15) is 9.59 Å². The first-order valence-corrected chi connectivity index (χ1v) is 7.82. The Morgan fingerprint density at radius 3 is 2.68 bits per heavy atom. The summed E-state index contributed by atoms with van der Waals surface area (Å²) in [4.78, 5) is 24.4. The van der Waals surface area contributed by atoms with Crippen molar-refractivity contribution in [1.29, 1.82) is 0 Å². The molecule has 1 aliphatic rings. The number of carbonyl (C=O) groups is 2. The van der Waals surface area contributed by atoms with Crippen molar-refractivity contribution in [2.75, 3.05) is 26.2 Å². The molecule has 0 aliphatic carbocycles. The van der Waals surface area contributed by atoms with E-state index in [0.717, 1.165) is 19.4 Å². The van der Waals surface area contributed by atoms with Crippen molar-refractivity contribution in [3.8, 4) is 0 Å². The van der Waals surface area contributed by atoms with Crippen LogP contribution in [0.4, 0.5) is 9.59 Å². The summed E-state index contributed by atoms with van der Waals surface area (Å²) in [6.45, 7) is 9.91. The number of nitrogens with one attached hydrogen (secondary N) is 1. The third-order valence-electron chi connectivity index (χ3n) is 3.63. The number of primary amides is 1. The molecule has 0 aromatic rings. The minimum Gasteiger partial charge on any atom is -0.448 e. The smallest absolute Gasteiger partial charge is 0.410 e. The molecule has 1 heterocycles. The lowest BCUT2D eigenvalue weighted by Crippen LogP contribution is -2.48. The molecular formula is C15H29N3O4. The van der Waals surface area contributed by atoms with Crippen molar-refractivity contribution in [1.82, 2.24) is 10.2 Å². The van der Waals surface area contributed by atoms with E-state index in [2.05, 4.69) is 17.0 Å². The second-order valence-corrected chi connectivity index (χ2v) is 6.74. The molecular weight excluding hydrogens is 286 g/mol. The molecule has 0 saturated carbocycles. The Bertz CT molecular complexity index is 381. The van der Waals surface area contributed by atoms with Crippen LogP contribution in [0.25, 0.3) is 0 Å². The Morgan fingerprint density at radius 2 is 2.09 bits per heavy atom. The molecule has 0 bridgehead atoms. The van der Waals surface area contributed by atoms with E-state index in [4.69, 9.17) is 10.5 Å². The van der Waals surface area contributed by atoms with Crippen molar-refractivity contribution in [2.45, 2.75) is 52.2 Å². The van der Waals surface area contributed by atoms with Crippen molar-refractivity contribution < 1.29 is 19.1 Å². The second-order valence-electron chi connectivity index (χ2n) is 6.74. The number of hydrogen-bond donors (Lipinski definition) is 2. The van der Waals surface area contributed by atoms with E-state index in [1.54, 1.807) is 4.90 Å². The third kappa shape index (κ3) is 6.98. The largest absolute Gasteiger partial charge is 0.448 e. The van der Waals surface area contributed by atoms with Crippen LogP contribution in [0.5, 0.6) is 0 Å². The van der Waals surface area contributed by atoms with Crippen molar-refractivity contribution in [2.24, 2.45) is 11.7 Å². The van der Waals surface area contributed by atoms with Crippen LogP contribution in [0.2, 0.25) is 0 Å². The molecule has 3 N–H and O–H groups in total. The Hall–Kier alpha value is -1.50. The number of ether oxygens (including phenoxy) is 2. The van der Waals surface area contributed by atoms with Crippen molar-refractivity contribution in [3.63, 3.8) is 0 Å². The average molecular weight is 315 g/mol.